The zero-order chi connectivity index (χ0) is 9.56. The molecule has 0 fully saturated rings. The number of carbonyl (C=O) groups excluding carboxylic acids is 1. The van der Waals surface area contributed by atoms with Crippen molar-refractivity contribution < 1.29 is 9.53 Å². The van der Waals surface area contributed by atoms with Crippen LogP contribution in [0.15, 0.2) is 0 Å². The van der Waals surface area contributed by atoms with Gasteiger partial charge in [-0.2, -0.15) is 5.26 Å². The van der Waals surface area contributed by atoms with Crippen LogP contribution in [0.4, 0.5) is 4.79 Å². The molecular formula is C7H11BrN2O2. The molecule has 0 spiro atoms. The summed E-state index contributed by atoms with van der Waals surface area (Å²) in [6.07, 6.45) is -0.405. The first-order valence-corrected chi connectivity index (χ1v) is 4.45. The van der Waals surface area contributed by atoms with Gasteiger partial charge in [-0.1, -0.05) is 15.9 Å². The van der Waals surface area contributed by atoms with Gasteiger partial charge in [-0.05, 0) is 6.92 Å². The van der Waals surface area contributed by atoms with E-state index in [0.717, 1.165) is 0 Å². The maximum atomic E-state index is 11.0. The SMILES string of the molecule is CCOC(=O)N(C)CC(Br)C#N. The van der Waals surface area contributed by atoms with Gasteiger partial charge in [0.15, 0.2) is 0 Å². The van der Waals surface area contributed by atoms with Gasteiger partial charge in [-0.15, -0.1) is 0 Å². The second kappa shape index (κ2) is 5.84. The summed E-state index contributed by atoms with van der Waals surface area (Å²) in [5, 5.41) is 8.42. The van der Waals surface area contributed by atoms with Crippen LogP contribution in [0.1, 0.15) is 6.92 Å². The summed E-state index contributed by atoms with van der Waals surface area (Å²) in [4.78, 5) is 12.0. The predicted octanol–water partition coefficient (Wildman–Crippen LogP) is 1.36. The molecule has 0 aromatic carbocycles. The highest BCUT2D eigenvalue weighted by Crippen LogP contribution is 2.00. The van der Waals surface area contributed by atoms with Gasteiger partial charge in [0.25, 0.3) is 0 Å². The standard InChI is InChI=1S/C7H11BrN2O2/c1-3-12-7(11)10(2)5-6(8)4-9/h6H,3,5H2,1-2H3. The molecule has 5 heteroatoms. The number of hydrogen-bond donors (Lipinski definition) is 0. The third-order valence-electron chi connectivity index (χ3n) is 1.15. The fourth-order valence-electron chi connectivity index (χ4n) is 0.589. The molecule has 0 heterocycles. The molecule has 1 atom stereocenters. The number of alkyl halides is 1. The highest BCUT2D eigenvalue weighted by Gasteiger charge is 2.12. The molecule has 0 saturated heterocycles. The summed E-state index contributed by atoms with van der Waals surface area (Å²) in [6.45, 7) is 2.42. The van der Waals surface area contributed by atoms with Gasteiger partial charge in [0.05, 0.1) is 12.7 Å². The van der Waals surface area contributed by atoms with Crippen molar-refractivity contribution >= 4 is 22.0 Å². The Morgan fingerprint density at radius 1 is 1.83 bits per heavy atom. The number of hydrogen-bond acceptors (Lipinski definition) is 3. The van der Waals surface area contributed by atoms with E-state index in [0.29, 0.717) is 13.2 Å². The van der Waals surface area contributed by atoms with Crippen LogP contribution in [0.25, 0.3) is 0 Å². The number of ether oxygens (including phenoxy) is 1. The van der Waals surface area contributed by atoms with Gasteiger partial charge in [0.2, 0.25) is 0 Å². The van der Waals surface area contributed by atoms with Crippen molar-refractivity contribution in [1.82, 2.24) is 4.90 Å². The third-order valence-corrected chi connectivity index (χ3v) is 1.65. The van der Waals surface area contributed by atoms with E-state index >= 15 is 0 Å². The van der Waals surface area contributed by atoms with Gasteiger partial charge in [-0.25, -0.2) is 4.79 Å². The molecule has 0 rings (SSSR count). The van der Waals surface area contributed by atoms with Crippen molar-refractivity contribution in [3.05, 3.63) is 0 Å². The molecule has 0 saturated carbocycles. The molecule has 1 unspecified atom stereocenters. The van der Waals surface area contributed by atoms with E-state index in [1.807, 2.05) is 6.07 Å². The number of carbonyl (C=O) groups is 1. The summed E-state index contributed by atoms with van der Waals surface area (Å²) in [5.74, 6) is 0. The Kier molecular flexibility index (Phi) is 5.47. The minimum absolute atomic E-state index is 0.329. The molecule has 4 nitrogen and oxygen atoms in total. The molecule has 0 aliphatic heterocycles. The van der Waals surface area contributed by atoms with Crippen molar-refractivity contribution in [2.24, 2.45) is 0 Å². The Morgan fingerprint density at radius 2 is 2.42 bits per heavy atom. The Balaban J connectivity index is 3.80. The average molecular weight is 235 g/mol. The van der Waals surface area contributed by atoms with E-state index < -0.39 is 6.09 Å². The van der Waals surface area contributed by atoms with E-state index in [2.05, 4.69) is 15.9 Å². The van der Waals surface area contributed by atoms with E-state index in [9.17, 15) is 4.79 Å². The Labute approximate surface area is 80.2 Å². The minimum Gasteiger partial charge on any atom is -0.450 e. The number of rotatable bonds is 3. The lowest BCUT2D eigenvalue weighted by atomic mass is 10.4. The smallest absolute Gasteiger partial charge is 0.409 e. The zero-order valence-electron chi connectivity index (χ0n) is 7.08. The van der Waals surface area contributed by atoms with Crippen molar-refractivity contribution in [3.63, 3.8) is 0 Å². The third kappa shape index (κ3) is 4.19. The van der Waals surface area contributed by atoms with Crippen LogP contribution in [-0.4, -0.2) is 36.0 Å². The first kappa shape index (κ1) is 11.2. The van der Waals surface area contributed by atoms with E-state index in [4.69, 9.17) is 10.00 Å². The van der Waals surface area contributed by atoms with Gasteiger partial charge >= 0.3 is 6.09 Å². The van der Waals surface area contributed by atoms with Gasteiger partial charge in [-0.3, -0.25) is 0 Å². The second-order valence-electron chi connectivity index (χ2n) is 2.18. The van der Waals surface area contributed by atoms with Gasteiger partial charge in [0, 0.05) is 13.6 Å². The summed E-state index contributed by atoms with van der Waals surface area (Å²) < 4.78 is 4.71. The molecule has 0 radical (unpaired) electrons. The van der Waals surface area contributed by atoms with Crippen LogP contribution in [0.5, 0.6) is 0 Å². The first-order chi connectivity index (χ1) is 5.61. The van der Waals surface area contributed by atoms with Crippen LogP contribution >= 0.6 is 15.9 Å². The van der Waals surface area contributed by atoms with E-state index in [1.54, 1.807) is 14.0 Å². The monoisotopic (exact) mass is 234 g/mol. The van der Waals surface area contributed by atoms with Crippen LogP contribution in [0, 0.1) is 11.3 Å². The highest BCUT2D eigenvalue weighted by atomic mass is 79.9. The van der Waals surface area contributed by atoms with Crippen molar-refractivity contribution in [3.8, 4) is 6.07 Å². The maximum absolute atomic E-state index is 11.0. The maximum Gasteiger partial charge on any atom is 0.409 e. The number of amides is 1. The number of nitriles is 1. The molecule has 0 aliphatic carbocycles. The molecule has 0 aliphatic rings. The molecule has 68 valence electrons. The van der Waals surface area contributed by atoms with Crippen LogP contribution < -0.4 is 0 Å². The predicted molar refractivity (Wildman–Crippen MR) is 48.0 cm³/mol. The largest absolute Gasteiger partial charge is 0.450 e. The summed E-state index contributed by atoms with van der Waals surface area (Å²) in [5.41, 5.74) is 0. The summed E-state index contributed by atoms with van der Waals surface area (Å²) in [6, 6.07) is 1.96. The molecule has 0 bridgehead atoms. The van der Waals surface area contributed by atoms with Crippen molar-refractivity contribution in [2.45, 2.75) is 11.8 Å². The lowest BCUT2D eigenvalue weighted by Gasteiger charge is -2.16. The molecule has 1 amide bonds. The lowest BCUT2D eigenvalue weighted by Crippen LogP contribution is -2.32. The molecule has 12 heavy (non-hydrogen) atoms. The Morgan fingerprint density at radius 3 is 2.83 bits per heavy atom. The topological polar surface area (TPSA) is 53.3 Å². The first-order valence-electron chi connectivity index (χ1n) is 3.53. The fourth-order valence-corrected chi connectivity index (χ4v) is 1.02. The molecule has 0 aromatic rings. The zero-order valence-corrected chi connectivity index (χ0v) is 8.67. The molecular weight excluding hydrogens is 224 g/mol. The molecule has 0 N–H and O–H groups in total. The van der Waals surface area contributed by atoms with Crippen molar-refractivity contribution in [1.29, 1.82) is 5.26 Å². The summed E-state index contributed by atoms with van der Waals surface area (Å²) >= 11 is 3.09. The van der Waals surface area contributed by atoms with Gasteiger partial charge in [0.1, 0.15) is 4.83 Å². The quantitative estimate of drug-likeness (QED) is 0.694. The van der Waals surface area contributed by atoms with Crippen LogP contribution in [-0.2, 0) is 4.74 Å². The molecule has 0 aromatic heterocycles. The van der Waals surface area contributed by atoms with Crippen molar-refractivity contribution in [2.75, 3.05) is 20.2 Å². The highest BCUT2D eigenvalue weighted by molar-refractivity contribution is 9.09. The minimum atomic E-state index is -0.405. The van der Waals surface area contributed by atoms with E-state index in [1.165, 1.54) is 4.90 Å². The van der Waals surface area contributed by atoms with Gasteiger partial charge < -0.3 is 9.64 Å². The Bertz CT molecular complexity index is 190. The lowest BCUT2D eigenvalue weighted by molar-refractivity contribution is 0.117. The second-order valence-corrected chi connectivity index (χ2v) is 3.28. The number of nitrogens with zero attached hydrogens (tertiary/aromatic N) is 2. The van der Waals surface area contributed by atoms with Crippen LogP contribution in [0.2, 0.25) is 0 Å². The van der Waals surface area contributed by atoms with E-state index in [-0.39, 0.29) is 4.83 Å². The summed E-state index contributed by atoms with van der Waals surface area (Å²) in [7, 11) is 1.59. The van der Waals surface area contributed by atoms with Crippen LogP contribution in [0.3, 0.4) is 0 Å². The average Bonchev–Trinajstić information content (AvgIpc) is 2.04. The number of halogens is 1. The Hall–Kier alpha value is -0.760. The normalized spacial score (nSPS) is 11.5. The fraction of sp³-hybridized carbons (Fsp3) is 0.714.